The van der Waals surface area contributed by atoms with Crippen LogP contribution in [0.2, 0.25) is 0 Å². The molecule has 0 heterocycles. The standard InChI is InChI=1S/C9H16S/c1-3-4-5-6-7-8-9-10-2/h1H,4-9H2,2H3. The van der Waals surface area contributed by atoms with Gasteiger partial charge in [0.1, 0.15) is 0 Å². The molecule has 0 saturated heterocycles. The molecule has 0 aliphatic heterocycles. The van der Waals surface area contributed by atoms with Crippen LogP contribution in [0.4, 0.5) is 0 Å². The first kappa shape index (κ1) is 9.91. The molecule has 0 unspecified atom stereocenters. The monoisotopic (exact) mass is 156 g/mol. The highest BCUT2D eigenvalue weighted by Gasteiger charge is 1.86. The molecule has 0 aromatic rings. The summed E-state index contributed by atoms with van der Waals surface area (Å²) < 4.78 is 0. The van der Waals surface area contributed by atoms with E-state index in [9.17, 15) is 0 Å². The molecular weight excluding hydrogens is 140 g/mol. The smallest absolute Gasteiger partial charge is 0.00860 e. The minimum Gasteiger partial charge on any atom is -0.165 e. The first-order valence-electron chi connectivity index (χ1n) is 3.84. The van der Waals surface area contributed by atoms with Crippen LogP contribution in [-0.4, -0.2) is 12.0 Å². The molecule has 0 bridgehead atoms. The molecule has 0 aromatic heterocycles. The zero-order chi connectivity index (χ0) is 7.66. The van der Waals surface area contributed by atoms with Crippen LogP contribution < -0.4 is 0 Å². The van der Waals surface area contributed by atoms with E-state index in [0.717, 1.165) is 6.42 Å². The molecule has 10 heavy (non-hydrogen) atoms. The number of terminal acetylenes is 1. The molecule has 0 atom stereocenters. The summed E-state index contributed by atoms with van der Waals surface area (Å²) in [5.74, 6) is 3.96. The van der Waals surface area contributed by atoms with Crippen molar-refractivity contribution in [2.24, 2.45) is 0 Å². The lowest BCUT2D eigenvalue weighted by molar-refractivity contribution is 0.684. The molecule has 0 radical (unpaired) electrons. The van der Waals surface area contributed by atoms with Crippen molar-refractivity contribution < 1.29 is 0 Å². The summed E-state index contributed by atoms with van der Waals surface area (Å²) in [5.41, 5.74) is 0. The lowest BCUT2D eigenvalue weighted by atomic mass is 10.2. The summed E-state index contributed by atoms with van der Waals surface area (Å²) in [4.78, 5) is 0. The number of hydrogen-bond donors (Lipinski definition) is 0. The third-order valence-corrected chi connectivity index (χ3v) is 2.12. The van der Waals surface area contributed by atoms with E-state index in [1.165, 1.54) is 31.4 Å². The van der Waals surface area contributed by atoms with E-state index in [4.69, 9.17) is 6.42 Å². The second-order valence-corrected chi connectivity index (χ2v) is 3.35. The van der Waals surface area contributed by atoms with Gasteiger partial charge in [0.25, 0.3) is 0 Å². The van der Waals surface area contributed by atoms with Crippen LogP contribution in [0.3, 0.4) is 0 Å². The van der Waals surface area contributed by atoms with Crippen LogP contribution in [0.15, 0.2) is 0 Å². The normalized spacial score (nSPS) is 9.20. The molecule has 0 spiro atoms. The van der Waals surface area contributed by atoms with Crippen molar-refractivity contribution in [2.45, 2.75) is 32.1 Å². The lowest BCUT2D eigenvalue weighted by Gasteiger charge is -1.95. The summed E-state index contributed by atoms with van der Waals surface area (Å²) in [5, 5.41) is 0. The molecule has 0 N–H and O–H groups in total. The molecule has 1 heteroatoms. The first-order valence-corrected chi connectivity index (χ1v) is 5.23. The Morgan fingerprint density at radius 1 is 1.20 bits per heavy atom. The van der Waals surface area contributed by atoms with Crippen molar-refractivity contribution >= 4 is 11.8 Å². The van der Waals surface area contributed by atoms with E-state index >= 15 is 0 Å². The zero-order valence-corrected chi connectivity index (χ0v) is 7.54. The van der Waals surface area contributed by atoms with Gasteiger partial charge in [0.15, 0.2) is 0 Å². The topological polar surface area (TPSA) is 0 Å². The average molecular weight is 156 g/mol. The predicted octanol–water partition coefficient (Wildman–Crippen LogP) is 2.93. The number of thioether (sulfide) groups is 1. The molecule has 0 aromatic carbocycles. The Kier molecular flexibility index (Phi) is 8.83. The molecule has 0 saturated carbocycles. The van der Waals surface area contributed by atoms with Crippen LogP contribution in [-0.2, 0) is 0 Å². The van der Waals surface area contributed by atoms with Gasteiger partial charge in [-0.05, 0) is 24.9 Å². The van der Waals surface area contributed by atoms with E-state index in [-0.39, 0.29) is 0 Å². The maximum Gasteiger partial charge on any atom is 0.00860 e. The van der Waals surface area contributed by atoms with Gasteiger partial charge < -0.3 is 0 Å². The van der Waals surface area contributed by atoms with Gasteiger partial charge in [-0.1, -0.05) is 12.8 Å². The van der Waals surface area contributed by atoms with Crippen molar-refractivity contribution in [3.05, 3.63) is 0 Å². The first-order chi connectivity index (χ1) is 4.91. The molecule has 0 fully saturated rings. The molecule has 58 valence electrons. The summed E-state index contributed by atoms with van der Waals surface area (Å²) in [7, 11) is 0. The Balaban J connectivity index is 2.72. The number of rotatable bonds is 6. The predicted molar refractivity (Wildman–Crippen MR) is 50.3 cm³/mol. The Bertz CT molecular complexity index is 91.4. The number of unbranched alkanes of at least 4 members (excludes halogenated alkanes) is 4. The minimum absolute atomic E-state index is 0.958. The largest absolute Gasteiger partial charge is 0.165 e. The molecule has 0 amide bonds. The maximum atomic E-state index is 5.12. The fourth-order valence-electron chi connectivity index (χ4n) is 0.827. The Morgan fingerprint density at radius 3 is 2.50 bits per heavy atom. The Labute approximate surface area is 68.8 Å². The van der Waals surface area contributed by atoms with E-state index in [2.05, 4.69) is 12.2 Å². The van der Waals surface area contributed by atoms with Crippen molar-refractivity contribution in [1.82, 2.24) is 0 Å². The summed E-state index contributed by atoms with van der Waals surface area (Å²) >= 11 is 1.93. The molecule has 0 aliphatic rings. The number of hydrogen-bond acceptors (Lipinski definition) is 1. The maximum absolute atomic E-state index is 5.12. The van der Waals surface area contributed by atoms with Gasteiger partial charge in [0.2, 0.25) is 0 Å². The summed E-state index contributed by atoms with van der Waals surface area (Å²) in [6.45, 7) is 0. The van der Waals surface area contributed by atoms with Crippen LogP contribution in [0.5, 0.6) is 0 Å². The van der Waals surface area contributed by atoms with Crippen molar-refractivity contribution in [3.8, 4) is 12.3 Å². The SMILES string of the molecule is C#CCCCCCCSC. The van der Waals surface area contributed by atoms with E-state index < -0.39 is 0 Å². The van der Waals surface area contributed by atoms with E-state index in [1.807, 2.05) is 11.8 Å². The van der Waals surface area contributed by atoms with Gasteiger partial charge in [0.05, 0.1) is 0 Å². The van der Waals surface area contributed by atoms with Gasteiger partial charge in [-0.25, -0.2) is 0 Å². The third kappa shape index (κ3) is 7.91. The molecular formula is C9H16S. The summed E-state index contributed by atoms with van der Waals surface area (Å²) in [6.07, 6.45) is 13.5. The van der Waals surface area contributed by atoms with Gasteiger partial charge >= 0.3 is 0 Å². The van der Waals surface area contributed by atoms with Gasteiger partial charge in [-0.15, -0.1) is 12.3 Å². The Morgan fingerprint density at radius 2 is 1.90 bits per heavy atom. The van der Waals surface area contributed by atoms with Crippen LogP contribution >= 0.6 is 11.8 Å². The quantitative estimate of drug-likeness (QED) is 0.421. The van der Waals surface area contributed by atoms with E-state index in [1.54, 1.807) is 0 Å². The highest BCUT2D eigenvalue weighted by Crippen LogP contribution is 2.05. The molecule has 0 nitrogen and oxygen atoms in total. The lowest BCUT2D eigenvalue weighted by Crippen LogP contribution is -1.79. The third-order valence-electron chi connectivity index (χ3n) is 1.42. The van der Waals surface area contributed by atoms with Crippen LogP contribution in [0.25, 0.3) is 0 Å². The van der Waals surface area contributed by atoms with Crippen molar-refractivity contribution in [3.63, 3.8) is 0 Å². The zero-order valence-electron chi connectivity index (χ0n) is 6.73. The average Bonchev–Trinajstić information content (AvgIpc) is 1.97. The van der Waals surface area contributed by atoms with Gasteiger partial charge in [-0.3, -0.25) is 0 Å². The highest BCUT2D eigenvalue weighted by molar-refractivity contribution is 7.98. The second-order valence-electron chi connectivity index (χ2n) is 2.36. The van der Waals surface area contributed by atoms with Crippen LogP contribution in [0, 0.1) is 12.3 Å². The van der Waals surface area contributed by atoms with Crippen molar-refractivity contribution in [2.75, 3.05) is 12.0 Å². The minimum atomic E-state index is 0.958. The van der Waals surface area contributed by atoms with Crippen LogP contribution in [0.1, 0.15) is 32.1 Å². The van der Waals surface area contributed by atoms with Gasteiger partial charge in [-0.2, -0.15) is 11.8 Å². The Hall–Kier alpha value is -0.0900. The fraction of sp³-hybridized carbons (Fsp3) is 0.778. The molecule has 0 rings (SSSR count). The highest BCUT2D eigenvalue weighted by atomic mass is 32.2. The fourth-order valence-corrected chi connectivity index (χ4v) is 1.32. The van der Waals surface area contributed by atoms with E-state index in [0.29, 0.717) is 0 Å². The second kappa shape index (κ2) is 8.91. The molecule has 0 aliphatic carbocycles. The summed E-state index contributed by atoms with van der Waals surface area (Å²) in [6, 6.07) is 0. The van der Waals surface area contributed by atoms with Gasteiger partial charge in [0, 0.05) is 6.42 Å². The van der Waals surface area contributed by atoms with Crippen molar-refractivity contribution in [1.29, 1.82) is 0 Å².